The van der Waals surface area contributed by atoms with Crippen molar-refractivity contribution < 1.29 is 17.9 Å². The lowest BCUT2D eigenvalue weighted by Crippen LogP contribution is -2.41. The van der Waals surface area contributed by atoms with E-state index in [9.17, 15) is 8.42 Å². The fourth-order valence-corrected chi connectivity index (χ4v) is 3.46. The number of nitrogens with zero attached hydrogens (tertiary/aromatic N) is 2. The van der Waals surface area contributed by atoms with E-state index in [-0.39, 0.29) is 12.4 Å². The van der Waals surface area contributed by atoms with E-state index in [0.717, 1.165) is 51.6 Å². The Labute approximate surface area is 139 Å². The van der Waals surface area contributed by atoms with Gasteiger partial charge in [0.05, 0.1) is 32.1 Å². The van der Waals surface area contributed by atoms with Crippen molar-refractivity contribution in [3.8, 4) is 0 Å². The van der Waals surface area contributed by atoms with Crippen molar-refractivity contribution in [3.05, 3.63) is 0 Å². The van der Waals surface area contributed by atoms with Crippen molar-refractivity contribution in [2.24, 2.45) is 10.4 Å². The minimum absolute atomic E-state index is 0.0609. The quantitative estimate of drug-likeness (QED) is 0.400. The van der Waals surface area contributed by atoms with Crippen molar-refractivity contribution in [3.63, 3.8) is 0 Å². The van der Waals surface area contributed by atoms with Crippen LogP contribution in [0.1, 0.15) is 19.8 Å². The smallest absolute Gasteiger partial charge is 0.194 e. The Morgan fingerprint density at radius 2 is 2.22 bits per heavy atom. The van der Waals surface area contributed by atoms with E-state index in [1.165, 1.54) is 6.26 Å². The van der Waals surface area contributed by atoms with Gasteiger partial charge in [0, 0.05) is 37.9 Å². The molecule has 1 spiro atoms. The third kappa shape index (κ3) is 5.93. The molecule has 134 valence electrons. The molecule has 1 atom stereocenters. The van der Waals surface area contributed by atoms with Crippen molar-refractivity contribution in [2.75, 3.05) is 64.6 Å². The highest BCUT2D eigenvalue weighted by Gasteiger charge is 2.42. The van der Waals surface area contributed by atoms with Gasteiger partial charge in [-0.25, -0.2) is 8.42 Å². The maximum absolute atomic E-state index is 11.0. The summed E-state index contributed by atoms with van der Waals surface area (Å²) < 4.78 is 32.9. The van der Waals surface area contributed by atoms with Crippen LogP contribution in [-0.2, 0) is 19.3 Å². The lowest BCUT2D eigenvalue weighted by molar-refractivity contribution is 0.155. The van der Waals surface area contributed by atoms with E-state index < -0.39 is 9.84 Å². The fraction of sp³-hybridized carbons (Fsp3) is 0.933. The van der Waals surface area contributed by atoms with Crippen molar-refractivity contribution >= 4 is 15.8 Å². The Bertz CT molecular complexity index is 501. The summed E-state index contributed by atoms with van der Waals surface area (Å²) in [6, 6.07) is 0. The van der Waals surface area contributed by atoms with Gasteiger partial charge in [-0.3, -0.25) is 4.99 Å². The first-order valence-corrected chi connectivity index (χ1v) is 10.4. The van der Waals surface area contributed by atoms with E-state index in [1.807, 2.05) is 0 Å². The van der Waals surface area contributed by atoms with Gasteiger partial charge in [-0.2, -0.15) is 0 Å². The number of ether oxygens (including phenoxy) is 2. The highest BCUT2D eigenvalue weighted by Crippen LogP contribution is 2.38. The maximum Gasteiger partial charge on any atom is 0.194 e. The summed E-state index contributed by atoms with van der Waals surface area (Å²) >= 11 is 0. The summed E-state index contributed by atoms with van der Waals surface area (Å²) in [5, 5.41) is 3.33. The summed E-state index contributed by atoms with van der Waals surface area (Å²) in [4.78, 5) is 6.90. The minimum Gasteiger partial charge on any atom is -0.381 e. The number of rotatable bonds is 7. The lowest BCUT2D eigenvalue weighted by atomic mass is 9.87. The van der Waals surface area contributed by atoms with Crippen molar-refractivity contribution in [1.82, 2.24) is 10.2 Å². The van der Waals surface area contributed by atoms with Crippen LogP contribution in [0.5, 0.6) is 0 Å². The van der Waals surface area contributed by atoms with Crippen molar-refractivity contribution in [1.29, 1.82) is 0 Å². The largest absolute Gasteiger partial charge is 0.381 e. The molecule has 2 fully saturated rings. The molecule has 0 aliphatic carbocycles. The lowest BCUT2D eigenvalue weighted by Gasteiger charge is -2.24. The van der Waals surface area contributed by atoms with Gasteiger partial charge in [0.1, 0.15) is 9.84 Å². The molecule has 1 unspecified atom stereocenters. The summed E-state index contributed by atoms with van der Waals surface area (Å²) in [5.41, 5.74) is 0.308. The van der Waals surface area contributed by atoms with Gasteiger partial charge in [-0.15, -0.1) is 0 Å². The zero-order valence-corrected chi connectivity index (χ0v) is 15.0. The van der Waals surface area contributed by atoms with Gasteiger partial charge in [-0.1, -0.05) is 0 Å². The van der Waals surface area contributed by atoms with E-state index in [4.69, 9.17) is 9.47 Å². The summed E-state index contributed by atoms with van der Waals surface area (Å²) in [5.74, 6) is 0.980. The number of hydrogen-bond donors (Lipinski definition) is 1. The van der Waals surface area contributed by atoms with Crippen LogP contribution in [0, 0.1) is 5.41 Å². The zero-order valence-electron chi connectivity index (χ0n) is 14.2. The molecule has 0 aromatic heterocycles. The minimum atomic E-state index is -2.96. The fourth-order valence-electron chi connectivity index (χ4n) is 3.04. The molecule has 8 heteroatoms. The molecule has 0 saturated carbocycles. The van der Waals surface area contributed by atoms with Crippen molar-refractivity contribution in [2.45, 2.75) is 19.8 Å². The normalized spacial score (nSPS) is 25.5. The molecular formula is C15H29N3O4S. The molecule has 0 bridgehead atoms. The second-order valence-corrected chi connectivity index (χ2v) is 8.71. The molecule has 0 radical (unpaired) electrons. The molecule has 2 saturated heterocycles. The topological polar surface area (TPSA) is 80.2 Å². The predicted molar refractivity (Wildman–Crippen MR) is 90.6 cm³/mol. The number of aliphatic imine (C=N–C) groups is 1. The molecule has 2 heterocycles. The highest BCUT2D eigenvalue weighted by molar-refractivity contribution is 7.90. The standard InChI is InChI=1S/C15H29N3O4S/c1-3-16-14(17-6-9-21-10-11-23(2,19)20)18-7-4-15(12-18)5-8-22-13-15/h3-13H2,1-2H3,(H,16,17). The first-order chi connectivity index (χ1) is 10.9. The van der Waals surface area contributed by atoms with Crippen LogP contribution in [0.4, 0.5) is 0 Å². The first-order valence-electron chi connectivity index (χ1n) is 8.31. The average molecular weight is 347 g/mol. The number of likely N-dealkylation sites (tertiary alicyclic amines) is 1. The molecule has 23 heavy (non-hydrogen) atoms. The number of guanidine groups is 1. The molecule has 0 aromatic rings. The molecule has 2 aliphatic rings. The number of nitrogens with one attached hydrogen (secondary N) is 1. The Morgan fingerprint density at radius 1 is 1.39 bits per heavy atom. The van der Waals surface area contributed by atoms with E-state index >= 15 is 0 Å². The molecule has 2 rings (SSSR count). The van der Waals surface area contributed by atoms with Gasteiger partial charge in [0.25, 0.3) is 0 Å². The highest BCUT2D eigenvalue weighted by atomic mass is 32.2. The molecule has 0 aromatic carbocycles. The summed E-state index contributed by atoms with van der Waals surface area (Å²) in [6.45, 7) is 7.81. The maximum atomic E-state index is 11.0. The SMILES string of the molecule is CCNC(=NCCOCCS(C)(=O)=O)N1CCC2(CCOC2)C1. The average Bonchev–Trinajstić information content (AvgIpc) is 3.11. The second kappa shape index (κ2) is 8.30. The van der Waals surface area contributed by atoms with Crippen LogP contribution >= 0.6 is 0 Å². The van der Waals surface area contributed by atoms with E-state index in [1.54, 1.807) is 0 Å². The third-order valence-corrected chi connectivity index (χ3v) is 5.26. The Balaban J connectivity index is 1.76. The Morgan fingerprint density at radius 3 is 2.87 bits per heavy atom. The van der Waals surface area contributed by atoms with Crippen LogP contribution in [0.25, 0.3) is 0 Å². The molecule has 2 aliphatic heterocycles. The summed E-state index contributed by atoms with van der Waals surface area (Å²) in [7, 11) is -2.96. The molecule has 0 amide bonds. The van der Waals surface area contributed by atoms with Crippen LogP contribution in [0.15, 0.2) is 4.99 Å². The molecular weight excluding hydrogens is 318 g/mol. The third-order valence-electron chi connectivity index (χ3n) is 4.35. The number of hydrogen-bond acceptors (Lipinski definition) is 5. The van der Waals surface area contributed by atoms with E-state index in [0.29, 0.717) is 18.6 Å². The van der Waals surface area contributed by atoms with Crippen LogP contribution < -0.4 is 5.32 Å². The van der Waals surface area contributed by atoms with Gasteiger partial charge < -0.3 is 19.7 Å². The zero-order chi connectivity index (χ0) is 16.8. The van der Waals surface area contributed by atoms with E-state index in [2.05, 4.69) is 22.1 Å². The van der Waals surface area contributed by atoms with Gasteiger partial charge in [0.15, 0.2) is 5.96 Å². The van der Waals surface area contributed by atoms with Gasteiger partial charge in [0.2, 0.25) is 0 Å². The second-order valence-electron chi connectivity index (χ2n) is 6.45. The van der Waals surface area contributed by atoms with Gasteiger partial charge >= 0.3 is 0 Å². The molecule has 7 nitrogen and oxygen atoms in total. The number of sulfone groups is 1. The van der Waals surface area contributed by atoms with Crippen LogP contribution in [0.2, 0.25) is 0 Å². The monoisotopic (exact) mass is 347 g/mol. The first kappa shape index (κ1) is 18.5. The molecule has 1 N–H and O–H groups in total. The Kier molecular flexibility index (Phi) is 6.67. The summed E-state index contributed by atoms with van der Waals surface area (Å²) in [6.07, 6.45) is 3.51. The Hall–Kier alpha value is -0.860. The van der Waals surface area contributed by atoms with Gasteiger partial charge in [-0.05, 0) is 19.8 Å². The van der Waals surface area contributed by atoms with Crippen LogP contribution in [0.3, 0.4) is 0 Å². The van der Waals surface area contributed by atoms with Crippen LogP contribution in [-0.4, -0.2) is 83.9 Å². The predicted octanol–water partition coefficient (Wildman–Crippen LogP) is 0.126.